The zero-order valence-corrected chi connectivity index (χ0v) is 11.6. The lowest BCUT2D eigenvalue weighted by Crippen LogP contribution is -2.02. The topological polar surface area (TPSA) is 26.3 Å². The lowest BCUT2D eigenvalue weighted by atomic mass is 10.1. The van der Waals surface area contributed by atoms with Crippen molar-refractivity contribution in [2.75, 3.05) is 6.61 Å². The van der Waals surface area contributed by atoms with Crippen molar-refractivity contribution in [3.05, 3.63) is 40.4 Å². The van der Waals surface area contributed by atoms with Gasteiger partial charge < -0.3 is 4.74 Å². The number of carbonyl (C=O) groups is 1. The van der Waals surface area contributed by atoms with Crippen LogP contribution in [-0.2, 0) is 9.53 Å². The van der Waals surface area contributed by atoms with Gasteiger partial charge in [-0.2, -0.15) is 0 Å². The highest BCUT2D eigenvalue weighted by Gasteiger charge is 1.98. The number of ether oxygens (including phenoxy) is 1. The van der Waals surface area contributed by atoms with Crippen molar-refractivity contribution in [2.45, 2.75) is 26.2 Å². The number of carbonyl (C=O) groups excluding carboxylic acids is 1. The molecule has 0 amide bonds. The summed E-state index contributed by atoms with van der Waals surface area (Å²) < 4.78 is 5.93. The molecule has 0 atom stereocenters. The number of unbranched alkanes of at least 4 members (excludes halogenated alkanes) is 1. The molecule has 1 rings (SSSR count). The minimum atomic E-state index is -0.107. The molecule has 0 aromatic heterocycles. The van der Waals surface area contributed by atoms with Crippen molar-refractivity contribution in [1.29, 1.82) is 0 Å². The van der Waals surface area contributed by atoms with Crippen LogP contribution in [0.5, 0.6) is 0 Å². The third-order valence-electron chi connectivity index (χ3n) is 2.24. The van der Waals surface area contributed by atoms with E-state index in [0.29, 0.717) is 13.0 Å². The van der Waals surface area contributed by atoms with Gasteiger partial charge in [0, 0.05) is 10.9 Å². The summed E-state index contributed by atoms with van der Waals surface area (Å²) in [5.41, 5.74) is 1.17. The zero-order chi connectivity index (χ0) is 12.5. The lowest BCUT2D eigenvalue weighted by Gasteiger charge is -1.99. The van der Waals surface area contributed by atoms with Gasteiger partial charge >= 0.3 is 5.97 Å². The molecule has 0 fully saturated rings. The molecule has 2 nitrogen and oxygen atoms in total. The molecule has 0 radical (unpaired) electrons. The van der Waals surface area contributed by atoms with E-state index in [1.807, 2.05) is 31.2 Å². The molecule has 1 aromatic rings. The molecule has 0 heterocycles. The Hall–Kier alpha value is -1.09. The lowest BCUT2D eigenvalue weighted by molar-refractivity contribution is -0.143. The van der Waals surface area contributed by atoms with Crippen molar-refractivity contribution in [2.24, 2.45) is 0 Å². The molecule has 0 bridgehead atoms. The average Bonchev–Trinajstić information content (AvgIpc) is 2.31. The molecule has 1 aromatic carbocycles. The highest BCUT2D eigenvalue weighted by atomic mass is 79.9. The van der Waals surface area contributed by atoms with E-state index >= 15 is 0 Å². The maximum absolute atomic E-state index is 11.1. The summed E-state index contributed by atoms with van der Waals surface area (Å²) in [6.45, 7) is 2.29. The van der Waals surface area contributed by atoms with Gasteiger partial charge in [0.1, 0.15) is 0 Å². The van der Waals surface area contributed by atoms with Crippen LogP contribution in [0.25, 0.3) is 6.08 Å². The molecule has 92 valence electrons. The molecular weight excluding hydrogens is 280 g/mol. The number of halogens is 1. The monoisotopic (exact) mass is 296 g/mol. The molecule has 0 spiro atoms. The number of rotatable bonds is 6. The first-order chi connectivity index (χ1) is 8.22. The number of benzene rings is 1. The fourth-order valence-corrected chi connectivity index (χ4v) is 1.66. The van der Waals surface area contributed by atoms with E-state index in [9.17, 15) is 4.79 Å². The fourth-order valence-electron chi connectivity index (χ4n) is 1.39. The van der Waals surface area contributed by atoms with E-state index in [-0.39, 0.29) is 5.97 Å². The van der Waals surface area contributed by atoms with Gasteiger partial charge in [0.05, 0.1) is 6.61 Å². The second-order valence-electron chi connectivity index (χ2n) is 3.65. The Kier molecular flexibility index (Phi) is 6.63. The molecule has 0 saturated heterocycles. The first-order valence-corrected chi connectivity index (χ1v) is 6.59. The van der Waals surface area contributed by atoms with Crippen LogP contribution < -0.4 is 0 Å². The molecule has 0 aliphatic heterocycles. The predicted octanol–water partition coefficient (Wildman–Crippen LogP) is 4.20. The minimum absolute atomic E-state index is 0.107. The van der Waals surface area contributed by atoms with Gasteiger partial charge in [-0.1, -0.05) is 40.2 Å². The van der Waals surface area contributed by atoms with Crippen LogP contribution in [0, 0.1) is 0 Å². The molecule has 0 aliphatic carbocycles. The second-order valence-corrected chi connectivity index (χ2v) is 4.57. The van der Waals surface area contributed by atoms with Gasteiger partial charge in [-0.3, -0.25) is 4.79 Å². The summed E-state index contributed by atoms with van der Waals surface area (Å²) in [7, 11) is 0. The van der Waals surface area contributed by atoms with E-state index in [1.54, 1.807) is 0 Å². The Bertz CT molecular complexity index is 368. The Morgan fingerprint density at radius 2 is 2.06 bits per heavy atom. The van der Waals surface area contributed by atoms with E-state index in [2.05, 4.69) is 28.1 Å². The van der Waals surface area contributed by atoms with E-state index in [1.165, 1.54) is 5.56 Å². The zero-order valence-electron chi connectivity index (χ0n) is 9.99. The van der Waals surface area contributed by atoms with Crippen molar-refractivity contribution < 1.29 is 9.53 Å². The second kappa shape index (κ2) is 8.07. The maximum atomic E-state index is 11.1. The van der Waals surface area contributed by atoms with Gasteiger partial charge in [0.2, 0.25) is 0 Å². The van der Waals surface area contributed by atoms with E-state index in [0.717, 1.165) is 17.3 Å². The Morgan fingerprint density at radius 3 is 2.71 bits per heavy atom. The largest absolute Gasteiger partial charge is 0.466 e. The summed E-state index contributed by atoms with van der Waals surface area (Å²) in [4.78, 5) is 11.1. The van der Waals surface area contributed by atoms with E-state index in [4.69, 9.17) is 4.74 Å². The normalized spacial score (nSPS) is 10.7. The Morgan fingerprint density at radius 1 is 1.35 bits per heavy atom. The molecule has 0 N–H and O–H groups in total. The maximum Gasteiger partial charge on any atom is 0.305 e. The van der Waals surface area contributed by atoms with Gasteiger partial charge in [0.15, 0.2) is 0 Å². The number of esters is 1. The quantitative estimate of drug-likeness (QED) is 0.581. The summed E-state index contributed by atoms with van der Waals surface area (Å²) in [6, 6.07) is 8.12. The number of hydrogen-bond acceptors (Lipinski definition) is 2. The summed E-state index contributed by atoms with van der Waals surface area (Å²) >= 11 is 3.39. The van der Waals surface area contributed by atoms with Gasteiger partial charge in [0.25, 0.3) is 0 Å². The first kappa shape index (κ1) is 14.0. The molecule has 3 heteroatoms. The van der Waals surface area contributed by atoms with Gasteiger partial charge in [-0.05, 0) is 37.5 Å². The summed E-state index contributed by atoms with van der Waals surface area (Å²) in [6.07, 6.45) is 6.39. The van der Waals surface area contributed by atoms with Crippen molar-refractivity contribution in [3.8, 4) is 0 Å². The van der Waals surface area contributed by atoms with Crippen LogP contribution in [0.4, 0.5) is 0 Å². The molecular formula is C14H17BrO2. The summed E-state index contributed by atoms with van der Waals surface area (Å²) in [5.74, 6) is -0.107. The fraction of sp³-hybridized carbons (Fsp3) is 0.357. The molecule has 17 heavy (non-hydrogen) atoms. The number of hydrogen-bond donors (Lipinski definition) is 0. The summed E-state index contributed by atoms with van der Waals surface area (Å²) in [5, 5.41) is 0. The standard InChI is InChI=1S/C14H17BrO2/c1-2-17-14(16)7-5-3-4-6-12-8-10-13(15)11-9-12/h4,6,8-11H,2-3,5,7H2,1H3/b6-4-. The van der Waals surface area contributed by atoms with Crippen LogP contribution in [0.3, 0.4) is 0 Å². The Labute approximate surface area is 111 Å². The number of allylic oxidation sites excluding steroid dienone is 1. The third kappa shape index (κ3) is 6.27. The van der Waals surface area contributed by atoms with E-state index < -0.39 is 0 Å². The van der Waals surface area contributed by atoms with Crippen LogP contribution in [0.1, 0.15) is 31.7 Å². The third-order valence-corrected chi connectivity index (χ3v) is 2.77. The smallest absolute Gasteiger partial charge is 0.305 e. The van der Waals surface area contributed by atoms with Crippen LogP contribution in [0.15, 0.2) is 34.8 Å². The predicted molar refractivity (Wildman–Crippen MR) is 73.7 cm³/mol. The van der Waals surface area contributed by atoms with Crippen molar-refractivity contribution >= 4 is 28.0 Å². The SMILES string of the molecule is CCOC(=O)CCC/C=C\c1ccc(Br)cc1. The van der Waals surface area contributed by atoms with Crippen molar-refractivity contribution in [1.82, 2.24) is 0 Å². The molecule has 0 unspecified atom stereocenters. The highest BCUT2D eigenvalue weighted by Crippen LogP contribution is 2.12. The van der Waals surface area contributed by atoms with Gasteiger partial charge in [-0.15, -0.1) is 0 Å². The Balaban J connectivity index is 2.22. The van der Waals surface area contributed by atoms with Crippen LogP contribution in [0.2, 0.25) is 0 Å². The molecule has 0 aliphatic rings. The molecule has 0 saturated carbocycles. The highest BCUT2D eigenvalue weighted by molar-refractivity contribution is 9.10. The average molecular weight is 297 g/mol. The van der Waals surface area contributed by atoms with Gasteiger partial charge in [-0.25, -0.2) is 0 Å². The minimum Gasteiger partial charge on any atom is -0.466 e. The first-order valence-electron chi connectivity index (χ1n) is 5.80. The van der Waals surface area contributed by atoms with Crippen LogP contribution in [-0.4, -0.2) is 12.6 Å². The van der Waals surface area contributed by atoms with Crippen molar-refractivity contribution in [3.63, 3.8) is 0 Å². The van der Waals surface area contributed by atoms with Crippen LogP contribution >= 0.6 is 15.9 Å².